The van der Waals surface area contributed by atoms with E-state index in [4.69, 9.17) is 0 Å². The van der Waals surface area contributed by atoms with Crippen LogP contribution in [0.25, 0.3) is 0 Å². The average molecular weight is 297 g/mol. The van der Waals surface area contributed by atoms with Gasteiger partial charge >= 0.3 is 0 Å². The number of phenols is 1. The first-order valence-electron chi connectivity index (χ1n) is 7.53. The highest BCUT2D eigenvalue weighted by Gasteiger charge is 2.17. The minimum Gasteiger partial charge on any atom is -0.506 e. The summed E-state index contributed by atoms with van der Waals surface area (Å²) in [7, 11) is 0. The first-order valence-corrected chi connectivity index (χ1v) is 7.53. The summed E-state index contributed by atoms with van der Waals surface area (Å²) in [5.41, 5.74) is 2.32. The van der Waals surface area contributed by atoms with Crippen LogP contribution in [-0.4, -0.2) is 16.6 Å². The van der Waals surface area contributed by atoms with Gasteiger partial charge in [-0.05, 0) is 30.0 Å². The van der Waals surface area contributed by atoms with Crippen LogP contribution >= 0.6 is 0 Å². The van der Waals surface area contributed by atoms with E-state index in [0.717, 1.165) is 5.56 Å². The molecule has 1 aromatic carbocycles. The molecule has 0 unspecified atom stereocenters. The summed E-state index contributed by atoms with van der Waals surface area (Å²) in [5.74, 6) is 0.123. The zero-order valence-corrected chi connectivity index (χ0v) is 13.6. The van der Waals surface area contributed by atoms with Crippen molar-refractivity contribution in [3.8, 4) is 5.75 Å². The maximum absolute atomic E-state index is 12.1. The first kappa shape index (κ1) is 16.2. The topological polar surface area (TPSA) is 49.7 Å². The highest BCUT2D eigenvalue weighted by Crippen LogP contribution is 2.33. The zero-order chi connectivity index (χ0) is 16.3. The van der Waals surface area contributed by atoms with Gasteiger partial charge in [0.05, 0.1) is 5.92 Å². The summed E-state index contributed by atoms with van der Waals surface area (Å²) < 4.78 is 0. The Bertz CT molecular complexity index is 649. The van der Waals surface area contributed by atoms with Gasteiger partial charge in [0.2, 0.25) is 0 Å². The fourth-order valence-corrected chi connectivity index (χ4v) is 2.34. The molecule has 1 aliphatic rings. The number of phenolic OH excluding ortho intramolecular Hbond substituents is 1. The second kappa shape index (κ2) is 6.30. The maximum Gasteiger partial charge on any atom is 0.149 e. The average Bonchev–Trinajstić information content (AvgIpc) is 2.94. The molecule has 22 heavy (non-hydrogen) atoms. The third-order valence-electron chi connectivity index (χ3n) is 3.70. The van der Waals surface area contributed by atoms with Crippen molar-refractivity contribution in [1.29, 1.82) is 0 Å². The van der Waals surface area contributed by atoms with E-state index in [2.05, 4.69) is 25.8 Å². The Morgan fingerprint density at radius 2 is 1.86 bits per heavy atom. The van der Waals surface area contributed by atoms with E-state index < -0.39 is 0 Å². The molecule has 3 nitrogen and oxygen atoms in total. The van der Waals surface area contributed by atoms with E-state index in [-0.39, 0.29) is 22.9 Å². The summed E-state index contributed by atoms with van der Waals surface area (Å²) >= 11 is 0. The molecule has 1 N–H and O–H groups in total. The molecule has 116 valence electrons. The van der Waals surface area contributed by atoms with E-state index >= 15 is 0 Å². The van der Waals surface area contributed by atoms with Crippen LogP contribution in [0.1, 0.15) is 39.7 Å². The standard InChI is InChI=1S/C19H23NO2/c1-13(11-18(22)14-7-5-6-8-14)20-16-12-15(19(2,3)4)9-10-17(16)21/h5-10,12,14,21H,11H2,1-4H3. The van der Waals surface area contributed by atoms with Gasteiger partial charge in [-0.1, -0.05) is 51.1 Å². The van der Waals surface area contributed by atoms with Crippen molar-refractivity contribution in [1.82, 2.24) is 0 Å². The molecule has 0 fully saturated rings. The van der Waals surface area contributed by atoms with Crippen LogP contribution in [0.4, 0.5) is 5.69 Å². The molecule has 0 saturated carbocycles. The monoisotopic (exact) mass is 297 g/mol. The number of carbonyl (C=O) groups excluding carboxylic acids is 1. The Kier molecular flexibility index (Phi) is 4.65. The summed E-state index contributed by atoms with van der Waals surface area (Å²) in [6.45, 7) is 8.16. The molecule has 2 rings (SSSR count). The van der Waals surface area contributed by atoms with Crippen molar-refractivity contribution in [2.75, 3.05) is 0 Å². The van der Waals surface area contributed by atoms with Gasteiger partial charge in [0.15, 0.2) is 0 Å². The van der Waals surface area contributed by atoms with E-state index in [1.54, 1.807) is 6.07 Å². The lowest BCUT2D eigenvalue weighted by Crippen LogP contribution is -2.12. The van der Waals surface area contributed by atoms with Crippen LogP contribution in [-0.2, 0) is 10.2 Å². The number of rotatable bonds is 4. The summed E-state index contributed by atoms with van der Waals surface area (Å²) in [5, 5.41) is 9.98. The van der Waals surface area contributed by atoms with Gasteiger partial charge < -0.3 is 5.11 Å². The van der Waals surface area contributed by atoms with Gasteiger partial charge in [-0.15, -0.1) is 0 Å². The molecule has 0 aromatic heterocycles. The van der Waals surface area contributed by atoms with E-state index in [1.165, 1.54) is 0 Å². The van der Waals surface area contributed by atoms with Crippen LogP contribution < -0.4 is 0 Å². The number of aliphatic imine (C=N–C) groups is 1. The van der Waals surface area contributed by atoms with Crippen LogP contribution in [0, 0.1) is 5.92 Å². The van der Waals surface area contributed by atoms with Crippen molar-refractivity contribution in [2.24, 2.45) is 10.9 Å². The van der Waals surface area contributed by atoms with Gasteiger partial charge in [0.1, 0.15) is 17.2 Å². The van der Waals surface area contributed by atoms with E-state index in [9.17, 15) is 9.90 Å². The highest BCUT2D eigenvalue weighted by atomic mass is 16.3. The van der Waals surface area contributed by atoms with Crippen LogP contribution in [0.2, 0.25) is 0 Å². The van der Waals surface area contributed by atoms with Crippen LogP contribution in [0.15, 0.2) is 47.5 Å². The molecule has 0 heterocycles. The molecular weight excluding hydrogens is 274 g/mol. The van der Waals surface area contributed by atoms with Crippen molar-refractivity contribution in [3.63, 3.8) is 0 Å². The molecule has 0 atom stereocenters. The van der Waals surface area contributed by atoms with Crippen molar-refractivity contribution in [2.45, 2.75) is 39.5 Å². The van der Waals surface area contributed by atoms with Crippen molar-refractivity contribution < 1.29 is 9.90 Å². The Labute approximate surface area is 132 Å². The third kappa shape index (κ3) is 3.94. The molecule has 1 aromatic rings. The Balaban J connectivity index is 2.18. The van der Waals surface area contributed by atoms with Gasteiger partial charge in [0.25, 0.3) is 0 Å². The number of carbonyl (C=O) groups is 1. The molecule has 0 aliphatic heterocycles. The lowest BCUT2D eigenvalue weighted by molar-refractivity contribution is -0.119. The predicted molar refractivity (Wildman–Crippen MR) is 91.0 cm³/mol. The molecule has 3 heteroatoms. The fraction of sp³-hybridized carbons (Fsp3) is 0.368. The highest BCUT2D eigenvalue weighted by molar-refractivity contribution is 6.04. The van der Waals surface area contributed by atoms with Crippen molar-refractivity contribution in [3.05, 3.63) is 48.1 Å². The maximum atomic E-state index is 12.1. The smallest absolute Gasteiger partial charge is 0.149 e. The number of aromatic hydroxyl groups is 1. The lowest BCUT2D eigenvalue weighted by Gasteiger charge is -2.19. The Morgan fingerprint density at radius 3 is 2.45 bits per heavy atom. The van der Waals surface area contributed by atoms with Gasteiger partial charge in [0, 0.05) is 12.1 Å². The number of hydrogen-bond acceptors (Lipinski definition) is 3. The molecule has 0 spiro atoms. The molecule has 0 saturated heterocycles. The Hall–Kier alpha value is -2.16. The molecular formula is C19H23NO2. The second-order valence-electron chi connectivity index (χ2n) is 6.74. The SMILES string of the molecule is CC(CC(=O)C1C=CC=C1)=Nc1cc(C(C)(C)C)ccc1O. The molecule has 0 amide bonds. The zero-order valence-electron chi connectivity index (χ0n) is 13.6. The number of hydrogen-bond donors (Lipinski definition) is 1. The third-order valence-corrected chi connectivity index (χ3v) is 3.70. The number of Topliss-reactive ketones (excluding diaryl/α,β-unsaturated/α-hetero) is 1. The van der Waals surface area contributed by atoms with Crippen LogP contribution in [0.5, 0.6) is 5.75 Å². The van der Waals surface area contributed by atoms with E-state index in [1.807, 2.05) is 43.4 Å². The molecule has 1 aliphatic carbocycles. The number of nitrogens with zero attached hydrogens (tertiary/aromatic N) is 1. The second-order valence-corrected chi connectivity index (χ2v) is 6.74. The summed E-state index contributed by atoms with van der Waals surface area (Å²) in [6, 6.07) is 5.46. The van der Waals surface area contributed by atoms with Gasteiger partial charge in [-0.2, -0.15) is 0 Å². The molecule has 0 radical (unpaired) electrons. The van der Waals surface area contributed by atoms with Crippen molar-refractivity contribution >= 4 is 17.2 Å². The molecule has 0 bridgehead atoms. The summed E-state index contributed by atoms with van der Waals surface area (Å²) in [6.07, 6.45) is 7.82. The largest absolute Gasteiger partial charge is 0.506 e. The normalized spacial score (nSPS) is 15.5. The van der Waals surface area contributed by atoms with Crippen LogP contribution in [0.3, 0.4) is 0 Å². The predicted octanol–water partition coefficient (Wildman–Crippen LogP) is 4.48. The number of allylic oxidation sites excluding steroid dienone is 4. The van der Waals surface area contributed by atoms with E-state index in [0.29, 0.717) is 17.8 Å². The Morgan fingerprint density at radius 1 is 1.23 bits per heavy atom. The lowest BCUT2D eigenvalue weighted by atomic mass is 9.87. The number of benzene rings is 1. The minimum absolute atomic E-state index is 0.0128. The van der Waals surface area contributed by atoms with Gasteiger partial charge in [-0.25, -0.2) is 0 Å². The fourth-order valence-electron chi connectivity index (χ4n) is 2.34. The van der Waals surface area contributed by atoms with Gasteiger partial charge in [-0.3, -0.25) is 9.79 Å². The summed E-state index contributed by atoms with van der Waals surface area (Å²) in [4.78, 5) is 16.6. The first-order chi connectivity index (χ1) is 10.3. The minimum atomic E-state index is -0.139. The quantitative estimate of drug-likeness (QED) is 0.833. The number of ketones is 1.